The lowest BCUT2D eigenvalue weighted by Crippen LogP contribution is -2.41. The van der Waals surface area contributed by atoms with Crippen molar-refractivity contribution in [3.05, 3.63) is 29.0 Å². The Bertz CT molecular complexity index is 868. The zero-order valence-corrected chi connectivity index (χ0v) is 15.6. The molecule has 140 valence electrons. The summed E-state index contributed by atoms with van der Waals surface area (Å²) in [6.07, 6.45) is -3.16. The fourth-order valence-electron chi connectivity index (χ4n) is 2.93. The van der Waals surface area contributed by atoms with E-state index < -0.39 is 30.1 Å². The van der Waals surface area contributed by atoms with E-state index in [-0.39, 0.29) is 5.58 Å². The summed E-state index contributed by atoms with van der Waals surface area (Å²) in [6.45, 7) is 9.13. The van der Waals surface area contributed by atoms with Crippen molar-refractivity contribution in [2.45, 2.75) is 52.0 Å². The Morgan fingerprint density at radius 3 is 2.15 bits per heavy atom. The van der Waals surface area contributed by atoms with Crippen LogP contribution in [0, 0.1) is 6.92 Å². The molecule has 0 bridgehead atoms. The first kappa shape index (κ1) is 19.0. The number of nitrogens with zero attached hydrogens (tertiary/aromatic N) is 1. The van der Waals surface area contributed by atoms with Gasteiger partial charge in [-0.25, -0.2) is 0 Å². The number of hydrogen-bond acceptors (Lipinski definition) is 4. The van der Waals surface area contributed by atoms with E-state index >= 15 is 0 Å². The van der Waals surface area contributed by atoms with Gasteiger partial charge in [0.05, 0.1) is 23.0 Å². The number of aryl methyl sites for hydroxylation is 1. The fourth-order valence-corrected chi connectivity index (χ4v) is 2.93. The molecule has 0 radical (unpaired) electrons. The van der Waals surface area contributed by atoms with Crippen molar-refractivity contribution in [3.63, 3.8) is 0 Å². The summed E-state index contributed by atoms with van der Waals surface area (Å²) in [5.74, 6) is 0.305. The van der Waals surface area contributed by atoms with E-state index in [4.69, 9.17) is 13.7 Å². The highest BCUT2D eigenvalue weighted by Crippen LogP contribution is 2.40. The first-order valence-corrected chi connectivity index (χ1v) is 8.29. The van der Waals surface area contributed by atoms with Gasteiger partial charge in [0.25, 0.3) is 0 Å². The van der Waals surface area contributed by atoms with E-state index in [0.29, 0.717) is 22.2 Å². The predicted octanol–water partition coefficient (Wildman–Crippen LogP) is 4.11. The number of halogens is 3. The molecule has 26 heavy (non-hydrogen) atoms. The first-order valence-electron chi connectivity index (χ1n) is 8.29. The van der Waals surface area contributed by atoms with Gasteiger partial charge in [-0.3, -0.25) is 4.99 Å². The van der Waals surface area contributed by atoms with E-state index in [0.717, 1.165) is 6.07 Å². The Hall–Kier alpha value is -1.80. The van der Waals surface area contributed by atoms with Crippen molar-refractivity contribution in [2.75, 3.05) is 7.05 Å². The number of fused-ring (bicyclic) bond motifs is 1. The summed E-state index contributed by atoms with van der Waals surface area (Å²) in [5.41, 5.74) is -1.43. The molecule has 0 spiro atoms. The van der Waals surface area contributed by atoms with Crippen LogP contribution < -0.4 is 5.46 Å². The van der Waals surface area contributed by atoms with Crippen molar-refractivity contribution in [2.24, 2.45) is 4.99 Å². The molecule has 1 aromatic carbocycles. The molecule has 0 aliphatic carbocycles. The van der Waals surface area contributed by atoms with Gasteiger partial charge in [-0.1, -0.05) is 6.07 Å². The fraction of sp³-hybridized carbons (Fsp3) is 0.500. The van der Waals surface area contributed by atoms with E-state index in [1.54, 1.807) is 13.0 Å². The molecule has 3 rings (SSSR count). The minimum atomic E-state index is -4.57. The van der Waals surface area contributed by atoms with E-state index in [9.17, 15) is 13.2 Å². The van der Waals surface area contributed by atoms with Crippen LogP contribution in [0.5, 0.6) is 0 Å². The second-order valence-electron chi connectivity index (χ2n) is 7.51. The maximum Gasteiger partial charge on any atom is 0.494 e. The Labute approximate surface area is 150 Å². The molecule has 1 aromatic heterocycles. The molecule has 1 aliphatic heterocycles. The number of benzene rings is 1. The standard InChI is InChI=1S/C18H21BF3NO3/c1-10-12-7-11(19-25-16(2,3)17(4,5)26-19)8-13(18(20,21)22)15(12)24-14(10)9-23-6/h7-9H,1-6H3/b23-9+. The highest BCUT2D eigenvalue weighted by Gasteiger charge is 2.52. The molecule has 0 saturated carbocycles. The molecule has 8 heteroatoms. The summed E-state index contributed by atoms with van der Waals surface area (Å²) in [6, 6.07) is 2.68. The summed E-state index contributed by atoms with van der Waals surface area (Å²) in [7, 11) is 0.649. The normalized spacial score (nSPS) is 19.8. The molecule has 2 aromatic rings. The van der Waals surface area contributed by atoms with Crippen LogP contribution in [-0.2, 0) is 15.5 Å². The maximum atomic E-state index is 13.6. The predicted molar refractivity (Wildman–Crippen MR) is 95.2 cm³/mol. The molecule has 4 nitrogen and oxygen atoms in total. The van der Waals surface area contributed by atoms with Gasteiger partial charge >= 0.3 is 13.3 Å². The monoisotopic (exact) mass is 367 g/mol. The van der Waals surface area contributed by atoms with Gasteiger partial charge in [-0.15, -0.1) is 0 Å². The zero-order chi connectivity index (χ0) is 19.5. The number of hydrogen-bond donors (Lipinski definition) is 0. The third-order valence-corrected chi connectivity index (χ3v) is 5.17. The summed E-state index contributed by atoms with van der Waals surface area (Å²) in [4.78, 5) is 3.84. The minimum absolute atomic E-state index is 0.204. The van der Waals surface area contributed by atoms with Gasteiger partial charge in [0.2, 0.25) is 0 Å². The average molecular weight is 367 g/mol. The van der Waals surface area contributed by atoms with Crippen LogP contribution in [-0.4, -0.2) is 31.6 Å². The molecular weight excluding hydrogens is 346 g/mol. The lowest BCUT2D eigenvalue weighted by atomic mass is 9.77. The molecule has 2 heterocycles. The van der Waals surface area contributed by atoms with E-state index in [1.165, 1.54) is 13.3 Å². The van der Waals surface area contributed by atoms with Crippen molar-refractivity contribution in [3.8, 4) is 0 Å². The van der Waals surface area contributed by atoms with Gasteiger partial charge in [0, 0.05) is 18.0 Å². The molecule has 1 fully saturated rings. The van der Waals surface area contributed by atoms with Gasteiger partial charge in [-0.05, 0) is 46.1 Å². The van der Waals surface area contributed by atoms with Crippen LogP contribution in [0.3, 0.4) is 0 Å². The van der Waals surface area contributed by atoms with Crippen LogP contribution in [0.15, 0.2) is 21.5 Å². The lowest BCUT2D eigenvalue weighted by molar-refractivity contribution is -0.136. The summed E-state index contributed by atoms with van der Waals surface area (Å²) < 4.78 is 58.2. The second kappa shape index (κ2) is 5.86. The Kier molecular flexibility index (Phi) is 4.27. The van der Waals surface area contributed by atoms with Gasteiger partial charge in [0.1, 0.15) is 11.3 Å². The number of furan rings is 1. The van der Waals surface area contributed by atoms with Gasteiger partial charge in [-0.2, -0.15) is 13.2 Å². The highest BCUT2D eigenvalue weighted by molar-refractivity contribution is 6.62. The average Bonchev–Trinajstić information content (AvgIpc) is 2.92. The smallest absolute Gasteiger partial charge is 0.454 e. The van der Waals surface area contributed by atoms with E-state index in [2.05, 4.69) is 4.99 Å². The lowest BCUT2D eigenvalue weighted by Gasteiger charge is -2.32. The van der Waals surface area contributed by atoms with Gasteiger partial charge in [0.15, 0.2) is 0 Å². The van der Waals surface area contributed by atoms with Crippen molar-refractivity contribution in [1.29, 1.82) is 0 Å². The van der Waals surface area contributed by atoms with E-state index in [1.807, 2.05) is 27.7 Å². The number of alkyl halides is 3. The summed E-state index contributed by atoms with van der Waals surface area (Å²) in [5, 5.41) is 0.374. The molecule has 1 saturated heterocycles. The zero-order valence-electron chi connectivity index (χ0n) is 15.6. The summed E-state index contributed by atoms with van der Waals surface area (Å²) >= 11 is 0. The highest BCUT2D eigenvalue weighted by atomic mass is 19.4. The van der Waals surface area contributed by atoms with Crippen molar-refractivity contribution < 1.29 is 26.9 Å². The largest absolute Gasteiger partial charge is 0.494 e. The Morgan fingerprint density at radius 2 is 1.65 bits per heavy atom. The van der Waals surface area contributed by atoms with Crippen molar-refractivity contribution >= 4 is 29.8 Å². The molecule has 0 amide bonds. The molecule has 0 unspecified atom stereocenters. The Morgan fingerprint density at radius 1 is 1.08 bits per heavy atom. The molecule has 0 atom stereocenters. The van der Waals surface area contributed by atoms with Crippen LogP contribution in [0.25, 0.3) is 11.0 Å². The molecular formula is C18H21BF3NO3. The topological polar surface area (TPSA) is 44.0 Å². The third-order valence-electron chi connectivity index (χ3n) is 5.17. The van der Waals surface area contributed by atoms with Crippen LogP contribution in [0.2, 0.25) is 0 Å². The van der Waals surface area contributed by atoms with Crippen LogP contribution in [0.4, 0.5) is 13.2 Å². The Balaban J connectivity index is 2.21. The molecule has 0 N–H and O–H groups in total. The van der Waals surface area contributed by atoms with Crippen molar-refractivity contribution in [1.82, 2.24) is 0 Å². The van der Waals surface area contributed by atoms with Gasteiger partial charge < -0.3 is 13.7 Å². The van der Waals surface area contributed by atoms with Crippen LogP contribution >= 0.6 is 0 Å². The third kappa shape index (κ3) is 2.95. The number of aliphatic imine (C=N–C) groups is 1. The molecule has 1 aliphatic rings. The quantitative estimate of drug-likeness (QED) is 0.593. The van der Waals surface area contributed by atoms with Crippen LogP contribution in [0.1, 0.15) is 44.6 Å². The SMILES string of the molecule is C/N=C/c1oc2c(C(F)(F)F)cc(B3OC(C)(C)C(C)(C)O3)cc2c1C. The number of rotatable bonds is 2. The minimum Gasteiger partial charge on any atom is -0.454 e. The maximum absolute atomic E-state index is 13.6. The first-order chi connectivity index (χ1) is 11.9. The second-order valence-corrected chi connectivity index (χ2v) is 7.51.